The number of nitriles is 1. The van der Waals surface area contributed by atoms with E-state index in [2.05, 4.69) is 9.72 Å². The lowest BCUT2D eigenvalue weighted by atomic mass is 10.3. The van der Waals surface area contributed by atoms with Crippen LogP contribution in [0.4, 0.5) is 5.69 Å². The number of pyridine rings is 1. The lowest BCUT2D eigenvalue weighted by Gasteiger charge is -2.17. The smallest absolute Gasteiger partial charge is 0.325 e. The van der Waals surface area contributed by atoms with Gasteiger partial charge in [-0.15, -0.1) is 0 Å². The Morgan fingerprint density at radius 1 is 1.73 bits per heavy atom. The van der Waals surface area contributed by atoms with Crippen LogP contribution in [0, 0.1) is 11.3 Å². The Morgan fingerprint density at radius 2 is 2.47 bits per heavy atom. The molecule has 0 fully saturated rings. The molecule has 5 heteroatoms. The van der Waals surface area contributed by atoms with Gasteiger partial charge in [-0.2, -0.15) is 5.26 Å². The summed E-state index contributed by atoms with van der Waals surface area (Å²) in [7, 11) is 3.03. The van der Waals surface area contributed by atoms with Crippen molar-refractivity contribution in [2.24, 2.45) is 0 Å². The molecule has 0 spiro atoms. The number of ether oxygens (including phenoxy) is 1. The summed E-state index contributed by atoms with van der Waals surface area (Å²) in [6.45, 7) is 0.0941. The zero-order valence-electron chi connectivity index (χ0n) is 8.60. The van der Waals surface area contributed by atoms with Crippen LogP contribution in [0.1, 0.15) is 5.69 Å². The van der Waals surface area contributed by atoms with E-state index in [0.29, 0.717) is 11.4 Å². The number of hydrogen-bond donors (Lipinski definition) is 0. The number of aromatic nitrogens is 1. The first-order valence-corrected chi connectivity index (χ1v) is 4.32. The third-order valence-corrected chi connectivity index (χ3v) is 1.90. The molecule has 1 rings (SSSR count). The maximum atomic E-state index is 11.0. The predicted molar refractivity (Wildman–Crippen MR) is 54.2 cm³/mol. The molecular formula is C10H11N3O2. The van der Waals surface area contributed by atoms with Crippen LogP contribution in [0.25, 0.3) is 0 Å². The number of methoxy groups -OCH3 is 1. The van der Waals surface area contributed by atoms with Gasteiger partial charge in [-0.3, -0.25) is 4.79 Å². The maximum Gasteiger partial charge on any atom is 0.325 e. The average molecular weight is 205 g/mol. The fourth-order valence-electron chi connectivity index (χ4n) is 1.13. The minimum absolute atomic E-state index is 0.0941. The summed E-state index contributed by atoms with van der Waals surface area (Å²) in [5.41, 5.74) is 0.911. The highest BCUT2D eigenvalue weighted by Crippen LogP contribution is 2.15. The van der Waals surface area contributed by atoms with Crippen molar-refractivity contribution in [2.75, 3.05) is 25.6 Å². The fraction of sp³-hybridized carbons (Fsp3) is 0.300. The van der Waals surface area contributed by atoms with Crippen molar-refractivity contribution in [3.63, 3.8) is 0 Å². The first kappa shape index (κ1) is 11.0. The van der Waals surface area contributed by atoms with Crippen molar-refractivity contribution in [1.82, 2.24) is 4.98 Å². The molecule has 1 aromatic heterocycles. The van der Waals surface area contributed by atoms with Crippen LogP contribution >= 0.6 is 0 Å². The molecule has 0 unspecified atom stereocenters. The molecule has 0 saturated heterocycles. The fourth-order valence-corrected chi connectivity index (χ4v) is 1.13. The van der Waals surface area contributed by atoms with E-state index in [4.69, 9.17) is 5.26 Å². The molecule has 0 saturated carbocycles. The molecule has 0 atom stereocenters. The second-order valence-electron chi connectivity index (χ2n) is 2.92. The molecule has 1 aromatic rings. The van der Waals surface area contributed by atoms with Crippen molar-refractivity contribution >= 4 is 11.7 Å². The molecule has 0 radical (unpaired) electrons. The van der Waals surface area contributed by atoms with Crippen LogP contribution in [-0.2, 0) is 9.53 Å². The van der Waals surface area contributed by atoms with Crippen LogP contribution in [0.5, 0.6) is 0 Å². The summed E-state index contributed by atoms with van der Waals surface area (Å²) >= 11 is 0. The molecule has 0 aromatic carbocycles. The third-order valence-electron chi connectivity index (χ3n) is 1.90. The monoisotopic (exact) mass is 205 g/mol. The standard InChI is InChI=1S/C10H11N3O2/c1-13(7-10(14)15-2)9-4-3-5-12-8(9)6-11/h3-5H,7H2,1-2H3. The SMILES string of the molecule is COC(=O)CN(C)c1cccnc1C#N. The summed E-state index contributed by atoms with van der Waals surface area (Å²) in [6.07, 6.45) is 1.54. The zero-order chi connectivity index (χ0) is 11.3. The quantitative estimate of drug-likeness (QED) is 0.674. The van der Waals surface area contributed by atoms with E-state index in [1.54, 1.807) is 24.1 Å². The Kier molecular flexibility index (Phi) is 3.63. The van der Waals surface area contributed by atoms with Crippen LogP contribution in [-0.4, -0.2) is 31.7 Å². The van der Waals surface area contributed by atoms with Gasteiger partial charge in [-0.05, 0) is 12.1 Å². The largest absolute Gasteiger partial charge is 0.468 e. The molecule has 0 aliphatic heterocycles. The Bertz CT molecular complexity index is 398. The van der Waals surface area contributed by atoms with Crippen molar-refractivity contribution < 1.29 is 9.53 Å². The minimum Gasteiger partial charge on any atom is -0.468 e. The Morgan fingerprint density at radius 3 is 3.07 bits per heavy atom. The van der Waals surface area contributed by atoms with Gasteiger partial charge in [0.1, 0.15) is 12.6 Å². The van der Waals surface area contributed by atoms with Gasteiger partial charge in [0.2, 0.25) is 0 Å². The van der Waals surface area contributed by atoms with E-state index in [0.717, 1.165) is 0 Å². The number of likely N-dealkylation sites (N-methyl/N-ethyl adjacent to an activating group) is 1. The van der Waals surface area contributed by atoms with Gasteiger partial charge in [0.15, 0.2) is 5.69 Å². The van der Waals surface area contributed by atoms with E-state index in [1.807, 2.05) is 6.07 Å². The Balaban J connectivity index is 2.87. The van der Waals surface area contributed by atoms with E-state index < -0.39 is 0 Å². The van der Waals surface area contributed by atoms with E-state index in [9.17, 15) is 4.79 Å². The molecule has 0 bridgehead atoms. The summed E-state index contributed by atoms with van der Waals surface area (Å²) in [4.78, 5) is 16.5. The highest BCUT2D eigenvalue weighted by atomic mass is 16.5. The first-order chi connectivity index (χ1) is 7.19. The number of anilines is 1. The number of nitrogens with zero attached hydrogens (tertiary/aromatic N) is 3. The summed E-state index contributed by atoms with van der Waals surface area (Å²) < 4.78 is 4.53. The number of carbonyl (C=O) groups excluding carboxylic acids is 1. The second-order valence-corrected chi connectivity index (χ2v) is 2.92. The lowest BCUT2D eigenvalue weighted by Crippen LogP contribution is -2.27. The van der Waals surface area contributed by atoms with Crippen LogP contribution < -0.4 is 4.90 Å². The van der Waals surface area contributed by atoms with Gasteiger partial charge in [-0.1, -0.05) is 0 Å². The molecule has 0 aliphatic carbocycles. The number of esters is 1. The predicted octanol–water partition coefficient (Wildman–Crippen LogP) is 0.562. The van der Waals surface area contributed by atoms with Gasteiger partial charge in [0, 0.05) is 13.2 Å². The molecule has 15 heavy (non-hydrogen) atoms. The molecule has 0 amide bonds. The molecule has 78 valence electrons. The summed E-state index contributed by atoms with van der Waals surface area (Å²) in [6, 6.07) is 5.41. The van der Waals surface area contributed by atoms with Gasteiger partial charge in [0.25, 0.3) is 0 Å². The van der Waals surface area contributed by atoms with Gasteiger partial charge in [0.05, 0.1) is 12.8 Å². The van der Waals surface area contributed by atoms with Crippen LogP contribution in [0.3, 0.4) is 0 Å². The minimum atomic E-state index is -0.356. The zero-order valence-corrected chi connectivity index (χ0v) is 8.60. The average Bonchev–Trinajstić information content (AvgIpc) is 2.28. The maximum absolute atomic E-state index is 11.0. The van der Waals surface area contributed by atoms with Crippen molar-refractivity contribution in [2.45, 2.75) is 0 Å². The highest BCUT2D eigenvalue weighted by Gasteiger charge is 2.11. The van der Waals surface area contributed by atoms with Crippen LogP contribution in [0.15, 0.2) is 18.3 Å². The molecular weight excluding hydrogens is 194 g/mol. The molecule has 0 N–H and O–H groups in total. The number of carbonyl (C=O) groups is 1. The van der Waals surface area contributed by atoms with Crippen LogP contribution in [0.2, 0.25) is 0 Å². The first-order valence-electron chi connectivity index (χ1n) is 4.32. The van der Waals surface area contributed by atoms with E-state index in [1.165, 1.54) is 13.3 Å². The molecule has 5 nitrogen and oxygen atoms in total. The van der Waals surface area contributed by atoms with Crippen molar-refractivity contribution in [3.05, 3.63) is 24.0 Å². The number of rotatable bonds is 3. The van der Waals surface area contributed by atoms with Gasteiger partial charge in [-0.25, -0.2) is 4.98 Å². The molecule has 1 heterocycles. The van der Waals surface area contributed by atoms with Gasteiger partial charge >= 0.3 is 5.97 Å². The van der Waals surface area contributed by atoms with Crippen molar-refractivity contribution in [3.8, 4) is 6.07 Å². The molecule has 0 aliphatic rings. The topological polar surface area (TPSA) is 66.2 Å². The number of hydrogen-bond acceptors (Lipinski definition) is 5. The third kappa shape index (κ3) is 2.68. The normalized spacial score (nSPS) is 9.13. The Hall–Kier alpha value is -2.09. The van der Waals surface area contributed by atoms with Crippen molar-refractivity contribution in [1.29, 1.82) is 5.26 Å². The summed E-state index contributed by atoms with van der Waals surface area (Å²) in [5.74, 6) is -0.356. The second kappa shape index (κ2) is 4.96. The Labute approximate surface area is 87.9 Å². The lowest BCUT2D eigenvalue weighted by molar-refractivity contribution is -0.138. The van der Waals surface area contributed by atoms with Gasteiger partial charge < -0.3 is 9.64 Å². The van der Waals surface area contributed by atoms with E-state index in [-0.39, 0.29) is 12.5 Å². The van der Waals surface area contributed by atoms with E-state index >= 15 is 0 Å². The summed E-state index contributed by atoms with van der Waals surface area (Å²) in [5, 5.41) is 8.80. The highest BCUT2D eigenvalue weighted by molar-refractivity contribution is 5.76.